The number of aryl methyl sites for hydroxylation is 2. The topological polar surface area (TPSA) is 35.2 Å². The van der Waals surface area contributed by atoms with E-state index in [-0.39, 0.29) is 0 Å². The molecule has 0 amide bonds. The molecule has 0 saturated carbocycles. The minimum atomic E-state index is 0.617. The van der Waals surface area contributed by atoms with Crippen LogP contribution in [0.4, 0.5) is 0 Å². The molecule has 0 atom stereocenters. The third kappa shape index (κ3) is 4.39. The van der Waals surface area contributed by atoms with Crippen molar-refractivity contribution in [1.29, 1.82) is 0 Å². The molecule has 0 aliphatic heterocycles. The van der Waals surface area contributed by atoms with Crippen LogP contribution in [0.5, 0.6) is 5.75 Å². The standard InChI is InChI=1S/C20H24N4OS/c1-16-9-10-19(17(2)13-16)23-14-21-24(20(23)26)15-22(3)11-12-25-18-7-5-4-6-8-18/h4-10,13-14H,11-12,15H2,1-3H3. The van der Waals surface area contributed by atoms with E-state index in [1.54, 1.807) is 6.33 Å². The van der Waals surface area contributed by atoms with Gasteiger partial charge in [-0.3, -0.25) is 9.47 Å². The summed E-state index contributed by atoms with van der Waals surface area (Å²) in [6, 6.07) is 16.2. The van der Waals surface area contributed by atoms with Crippen LogP contribution in [0.25, 0.3) is 5.69 Å². The summed E-state index contributed by atoms with van der Waals surface area (Å²) >= 11 is 5.61. The number of para-hydroxylation sites is 1. The Morgan fingerprint density at radius 1 is 1.12 bits per heavy atom. The van der Waals surface area contributed by atoms with E-state index < -0.39 is 0 Å². The van der Waals surface area contributed by atoms with Crippen molar-refractivity contribution in [2.45, 2.75) is 20.5 Å². The first-order valence-corrected chi connectivity index (χ1v) is 9.04. The Hall–Kier alpha value is -2.44. The number of rotatable bonds is 7. The zero-order chi connectivity index (χ0) is 18.5. The number of ether oxygens (including phenoxy) is 1. The molecule has 136 valence electrons. The second-order valence-corrected chi connectivity index (χ2v) is 6.82. The van der Waals surface area contributed by atoms with E-state index in [1.807, 2.05) is 46.6 Å². The van der Waals surface area contributed by atoms with E-state index in [0.717, 1.165) is 18.0 Å². The molecule has 1 aromatic heterocycles. The lowest BCUT2D eigenvalue weighted by Crippen LogP contribution is -2.27. The highest BCUT2D eigenvalue weighted by molar-refractivity contribution is 7.71. The second-order valence-electron chi connectivity index (χ2n) is 6.46. The number of benzene rings is 2. The molecule has 0 fully saturated rings. The summed E-state index contributed by atoms with van der Waals surface area (Å²) < 4.78 is 10.2. The zero-order valence-corrected chi connectivity index (χ0v) is 16.2. The van der Waals surface area contributed by atoms with Gasteiger partial charge in [0.25, 0.3) is 0 Å². The summed E-state index contributed by atoms with van der Waals surface area (Å²) in [6.45, 7) is 6.20. The van der Waals surface area contributed by atoms with Gasteiger partial charge < -0.3 is 4.74 Å². The zero-order valence-electron chi connectivity index (χ0n) is 15.4. The van der Waals surface area contributed by atoms with Crippen LogP contribution in [0, 0.1) is 18.6 Å². The Labute approximate surface area is 159 Å². The average molecular weight is 369 g/mol. The minimum Gasteiger partial charge on any atom is -0.492 e. The van der Waals surface area contributed by atoms with Crippen molar-refractivity contribution in [2.75, 3.05) is 20.2 Å². The number of hydrogen-bond donors (Lipinski definition) is 0. The summed E-state index contributed by atoms with van der Waals surface area (Å²) in [6.07, 6.45) is 1.79. The fourth-order valence-corrected chi connectivity index (χ4v) is 3.06. The number of aromatic nitrogens is 3. The lowest BCUT2D eigenvalue weighted by atomic mass is 10.1. The lowest BCUT2D eigenvalue weighted by Gasteiger charge is -2.16. The van der Waals surface area contributed by atoms with Crippen molar-refractivity contribution in [3.8, 4) is 11.4 Å². The Kier molecular flexibility index (Phi) is 5.85. The highest BCUT2D eigenvalue weighted by Gasteiger charge is 2.08. The Morgan fingerprint density at radius 3 is 2.62 bits per heavy atom. The van der Waals surface area contributed by atoms with Crippen LogP contribution in [0.2, 0.25) is 0 Å². The quantitative estimate of drug-likeness (QED) is 0.591. The molecule has 5 nitrogen and oxygen atoms in total. The van der Waals surface area contributed by atoms with Crippen molar-refractivity contribution in [3.63, 3.8) is 0 Å². The lowest BCUT2D eigenvalue weighted by molar-refractivity contribution is 0.198. The van der Waals surface area contributed by atoms with Gasteiger partial charge in [0.15, 0.2) is 0 Å². The maximum absolute atomic E-state index is 5.74. The van der Waals surface area contributed by atoms with Crippen LogP contribution in [-0.4, -0.2) is 39.4 Å². The highest BCUT2D eigenvalue weighted by atomic mass is 32.1. The van der Waals surface area contributed by atoms with Crippen LogP contribution < -0.4 is 4.74 Å². The van der Waals surface area contributed by atoms with Crippen molar-refractivity contribution >= 4 is 12.2 Å². The molecule has 0 bridgehead atoms. The van der Waals surface area contributed by atoms with Gasteiger partial charge in [0.2, 0.25) is 4.77 Å². The highest BCUT2D eigenvalue weighted by Crippen LogP contribution is 2.16. The van der Waals surface area contributed by atoms with Crippen LogP contribution in [0.3, 0.4) is 0 Å². The Bertz CT molecular complexity index is 917. The van der Waals surface area contributed by atoms with Gasteiger partial charge in [-0.1, -0.05) is 35.9 Å². The first-order chi connectivity index (χ1) is 12.5. The maximum Gasteiger partial charge on any atom is 0.203 e. The van der Waals surface area contributed by atoms with Crippen molar-refractivity contribution in [1.82, 2.24) is 19.2 Å². The van der Waals surface area contributed by atoms with Gasteiger partial charge in [0.05, 0.1) is 12.4 Å². The summed E-state index contributed by atoms with van der Waals surface area (Å²) in [5.41, 5.74) is 3.50. The van der Waals surface area contributed by atoms with E-state index in [1.165, 1.54) is 11.1 Å². The van der Waals surface area contributed by atoms with Crippen molar-refractivity contribution < 1.29 is 4.74 Å². The molecule has 0 aliphatic rings. The SMILES string of the molecule is Cc1ccc(-n2cnn(CN(C)CCOc3ccccc3)c2=S)c(C)c1. The number of nitrogens with zero attached hydrogens (tertiary/aromatic N) is 4. The first kappa shape index (κ1) is 18.4. The molecular weight excluding hydrogens is 344 g/mol. The van der Waals surface area contributed by atoms with E-state index in [4.69, 9.17) is 17.0 Å². The fraction of sp³-hybridized carbons (Fsp3) is 0.300. The monoisotopic (exact) mass is 368 g/mol. The molecule has 0 unspecified atom stereocenters. The smallest absolute Gasteiger partial charge is 0.203 e. The molecule has 6 heteroatoms. The molecule has 0 saturated heterocycles. The molecule has 0 spiro atoms. The molecule has 3 aromatic rings. The third-order valence-corrected chi connectivity index (χ3v) is 4.61. The number of likely N-dealkylation sites (N-methyl/N-ethyl adjacent to an activating group) is 1. The van der Waals surface area contributed by atoms with E-state index in [2.05, 4.69) is 42.0 Å². The first-order valence-electron chi connectivity index (χ1n) is 8.63. The van der Waals surface area contributed by atoms with Crippen LogP contribution >= 0.6 is 12.2 Å². The van der Waals surface area contributed by atoms with Gasteiger partial charge in [-0.15, -0.1) is 0 Å². The van der Waals surface area contributed by atoms with Gasteiger partial charge in [0.1, 0.15) is 18.7 Å². The van der Waals surface area contributed by atoms with Gasteiger partial charge in [-0.05, 0) is 56.9 Å². The van der Waals surface area contributed by atoms with Crippen molar-refractivity contribution in [3.05, 3.63) is 70.8 Å². The van der Waals surface area contributed by atoms with E-state index in [9.17, 15) is 0 Å². The Morgan fingerprint density at radius 2 is 1.88 bits per heavy atom. The van der Waals surface area contributed by atoms with E-state index >= 15 is 0 Å². The molecular formula is C20H24N4OS. The van der Waals surface area contributed by atoms with E-state index in [0.29, 0.717) is 18.0 Å². The summed E-state index contributed by atoms with van der Waals surface area (Å²) in [4.78, 5) is 2.14. The molecule has 26 heavy (non-hydrogen) atoms. The second kappa shape index (κ2) is 8.29. The molecule has 0 radical (unpaired) electrons. The summed E-state index contributed by atoms with van der Waals surface area (Å²) in [5.74, 6) is 0.886. The molecule has 0 N–H and O–H groups in total. The molecule has 3 rings (SSSR count). The van der Waals surface area contributed by atoms with Crippen LogP contribution in [0.1, 0.15) is 11.1 Å². The molecule has 0 aliphatic carbocycles. The largest absolute Gasteiger partial charge is 0.492 e. The average Bonchev–Trinajstić information content (AvgIpc) is 2.96. The summed E-state index contributed by atoms with van der Waals surface area (Å²) in [5, 5.41) is 4.45. The van der Waals surface area contributed by atoms with Crippen LogP contribution in [0.15, 0.2) is 54.9 Å². The van der Waals surface area contributed by atoms with Gasteiger partial charge in [-0.25, -0.2) is 4.68 Å². The molecule has 2 aromatic carbocycles. The van der Waals surface area contributed by atoms with Crippen LogP contribution in [-0.2, 0) is 6.67 Å². The predicted octanol–water partition coefficient (Wildman–Crippen LogP) is 3.99. The minimum absolute atomic E-state index is 0.617. The fourth-order valence-electron chi connectivity index (χ4n) is 2.81. The maximum atomic E-state index is 5.74. The summed E-state index contributed by atoms with van der Waals surface area (Å²) in [7, 11) is 2.03. The van der Waals surface area contributed by atoms with Gasteiger partial charge >= 0.3 is 0 Å². The normalized spacial score (nSPS) is 11.1. The van der Waals surface area contributed by atoms with Gasteiger partial charge in [0, 0.05) is 6.54 Å². The third-order valence-electron chi connectivity index (χ3n) is 4.21. The predicted molar refractivity (Wildman–Crippen MR) is 106 cm³/mol. The van der Waals surface area contributed by atoms with Gasteiger partial charge in [-0.2, -0.15) is 5.10 Å². The Balaban J connectivity index is 1.62. The molecule has 1 heterocycles. The van der Waals surface area contributed by atoms with Crippen molar-refractivity contribution in [2.24, 2.45) is 0 Å². The number of hydrogen-bond acceptors (Lipinski definition) is 4.